The minimum absolute atomic E-state index is 0.0556. The molecule has 2 heterocycles. The number of H-pyrrole nitrogens is 1. The molecule has 0 radical (unpaired) electrons. The molecule has 6 nitrogen and oxygen atoms in total. The van der Waals surface area contributed by atoms with Crippen LogP contribution in [-0.2, 0) is 17.7 Å². The molecule has 128 valence electrons. The zero-order valence-corrected chi connectivity index (χ0v) is 14.6. The minimum Gasteiger partial charge on any atom is -0.384 e. The van der Waals surface area contributed by atoms with Crippen molar-refractivity contribution in [2.45, 2.75) is 19.9 Å². The van der Waals surface area contributed by atoms with Crippen molar-refractivity contribution in [2.24, 2.45) is 11.7 Å². The molecular weight excluding hydrogens is 328 g/mol. The number of hydrogen-bond donors (Lipinski definition) is 2. The largest absolute Gasteiger partial charge is 0.384 e. The summed E-state index contributed by atoms with van der Waals surface area (Å²) in [6.45, 7) is 3.61. The van der Waals surface area contributed by atoms with Crippen LogP contribution >= 0.6 is 11.6 Å². The number of nitrogens with two attached hydrogens (primary N) is 1. The van der Waals surface area contributed by atoms with E-state index in [1.807, 2.05) is 19.1 Å². The number of nitrogens with one attached hydrogen (secondary N) is 1. The van der Waals surface area contributed by atoms with Crippen molar-refractivity contribution in [3.63, 3.8) is 0 Å². The molecule has 3 rings (SSSR count). The van der Waals surface area contributed by atoms with Gasteiger partial charge in [0.15, 0.2) is 0 Å². The molecule has 1 atom stereocenters. The summed E-state index contributed by atoms with van der Waals surface area (Å²) in [7, 11) is 1.63. The van der Waals surface area contributed by atoms with Crippen molar-refractivity contribution in [2.75, 3.05) is 20.3 Å². The zero-order valence-electron chi connectivity index (χ0n) is 13.8. The molecule has 0 saturated heterocycles. The van der Waals surface area contributed by atoms with Crippen molar-refractivity contribution in [3.05, 3.63) is 39.3 Å². The van der Waals surface area contributed by atoms with Crippen LogP contribution in [0.4, 0.5) is 0 Å². The minimum atomic E-state index is -0.0556. The van der Waals surface area contributed by atoms with Crippen molar-refractivity contribution >= 4 is 33.4 Å². The summed E-state index contributed by atoms with van der Waals surface area (Å²) in [5.74, 6) is 0.188. The van der Waals surface area contributed by atoms with Crippen molar-refractivity contribution in [1.29, 1.82) is 0 Å². The Kier molecular flexibility index (Phi) is 4.89. The fraction of sp³-hybridized carbons (Fsp3) is 0.412. The van der Waals surface area contributed by atoms with Gasteiger partial charge in [-0.2, -0.15) is 5.10 Å². The maximum absolute atomic E-state index is 13.1. The van der Waals surface area contributed by atoms with E-state index in [0.29, 0.717) is 42.0 Å². The Labute approximate surface area is 144 Å². The highest BCUT2D eigenvalue weighted by molar-refractivity contribution is 6.31. The molecule has 0 aliphatic carbocycles. The molecular formula is C17H21ClN4O2. The van der Waals surface area contributed by atoms with E-state index in [9.17, 15) is 4.79 Å². The number of rotatable bonds is 6. The lowest BCUT2D eigenvalue weighted by Crippen LogP contribution is -2.27. The summed E-state index contributed by atoms with van der Waals surface area (Å²) in [6, 6.07) is 5.51. The van der Waals surface area contributed by atoms with Gasteiger partial charge in [-0.15, -0.1) is 0 Å². The van der Waals surface area contributed by atoms with Crippen LogP contribution in [0.3, 0.4) is 0 Å². The SMILES string of the molecule is COCCc1[nH]nc2c1c(=O)n(C[C@H](C)CN)c1ccc(Cl)cc21. The highest BCUT2D eigenvalue weighted by Gasteiger charge is 2.18. The molecule has 3 aromatic rings. The molecule has 3 N–H and O–H groups in total. The van der Waals surface area contributed by atoms with Crippen molar-refractivity contribution in [3.8, 4) is 0 Å². The van der Waals surface area contributed by atoms with Crippen LogP contribution in [0.25, 0.3) is 21.8 Å². The van der Waals surface area contributed by atoms with E-state index in [2.05, 4.69) is 10.2 Å². The summed E-state index contributed by atoms with van der Waals surface area (Å²) in [5.41, 5.74) is 7.96. The summed E-state index contributed by atoms with van der Waals surface area (Å²) in [5, 5.41) is 9.43. The second kappa shape index (κ2) is 6.93. The highest BCUT2D eigenvalue weighted by Crippen LogP contribution is 2.26. The standard InChI is InChI=1S/C17H21ClN4O2/c1-10(8-19)9-22-14-4-3-11(18)7-12(14)16-15(17(22)23)13(20-21-16)5-6-24-2/h3-4,7,10H,5-6,8-9,19H2,1-2H3,(H,20,21)/t10-/m1/s1. The summed E-state index contributed by atoms with van der Waals surface area (Å²) < 4.78 is 6.90. The maximum Gasteiger partial charge on any atom is 0.262 e. The van der Waals surface area contributed by atoms with E-state index in [1.165, 1.54) is 0 Å². The third kappa shape index (κ3) is 2.92. The first-order valence-electron chi connectivity index (χ1n) is 7.94. The van der Waals surface area contributed by atoms with Gasteiger partial charge in [0, 0.05) is 30.5 Å². The van der Waals surface area contributed by atoms with Gasteiger partial charge in [0.1, 0.15) is 5.52 Å². The van der Waals surface area contributed by atoms with Gasteiger partial charge in [-0.1, -0.05) is 18.5 Å². The Bertz CT molecular complexity index is 932. The van der Waals surface area contributed by atoms with E-state index in [-0.39, 0.29) is 11.5 Å². The van der Waals surface area contributed by atoms with E-state index < -0.39 is 0 Å². The second-order valence-electron chi connectivity index (χ2n) is 6.09. The summed E-state index contributed by atoms with van der Waals surface area (Å²) in [4.78, 5) is 13.1. The number of hydrogen-bond acceptors (Lipinski definition) is 4. The van der Waals surface area contributed by atoms with E-state index in [0.717, 1.165) is 16.6 Å². The molecule has 0 aliphatic heterocycles. The average molecular weight is 349 g/mol. The van der Waals surface area contributed by atoms with Gasteiger partial charge in [-0.3, -0.25) is 9.89 Å². The van der Waals surface area contributed by atoms with Crippen molar-refractivity contribution < 1.29 is 4.74 Å². The number of aromatic nitrogens is 3. The van der Waals surface area contributed by atoms with Crippen LogP contribution < -0.4 is 11.3 Å². The number of halogens is 1. The van der Waals surface area contributed by atoms with Crippen LogP contribution in [-0.4, -0.2) is 35.0 Å². The molecule has 0 spiro atoms. The van der Waals surface area contributed by atoms with Crippen LogP contribution in [0.15, 0.2) is 23.0 Å². The van der Waals surface area contributed by atoms with E-state index in [1.54, 1.807) is 17.7 Å². The monoisotopic (exact) mass is 348 g/mol. The fourth-order valence-corrected chi connectivity index (χ4v) is 3.11. The fourth-order valence-electron chi connectivity index (χ4n) is 2.93. The Morgan fingerprint density at radius 2 is 2.25 bits per heavy atom. The number of aromatic amines is 1. The van der Waals surface area contributed by atoms with Gasteiger partial charge < -0.3 is 15.0 Å². The predicted octanol–water partition coefficient (Wildman–Crippen LogP) is 2.31. The number of methoxy groups -OCH3 is 1. The Hall–Kier alpha value is -1.89. The first-order chi connectivity index (χ1) is 11.6. The van der Waals surface area contributed by atoms with Gasteiger partial charge in [-0.05, 0) is 30.7 Å². The molecule has 0 amide bonds. The summed E-state index contributed by atoms with van der Waals surface area (Å²) >= 11 is 6.17. The van der Waals surface area contributed by atoms with Gasteiger partial charge >= 0.3 is 0 Å². The molecule has 2 aromatic heterocycles. The van der Waals surface area contributed by atoms with Gasteiger partial charge in [0.2, 0.25) is 0 Å². The first kappa shape index (κ1) is 17.0. The smallest absolute Gasteiger partial charge is 0.262 e. The highest BCUT2D eigenvalue weighted by atomic mass is 35.5. The Morgan fingerprint density at radius 3 is 2.96 bits per heavy atom. The van der Waals surface area contributed by atoms with E-state index >= 15 is 0 Å². The Balaban J connectivity index is 2.33. The lowest BCUT2D eigenvalue weighted by molar-refractivity contribution is 0.201. The van der Waals surface area contributed by atoms with Crippen LogP contribution in [0.1, 0.15) is 12.6 Å². The average Bonchev–Trinajstić information content (AvgIpc) is 3.00. The van der Waals surface area contributed by atoms with Crippen LogP contribution in [0.5, 0.6) is 0 Å². The molecule has 0 unspecified atom stereocenters. The molecule has 0 bridgehead atoms. The summed E-state index contributed by atoms with van der Waals surface area (Å²) in [6.07, 6.45) is 0.598. The number of nitrogens with zero attached hydrogens (tertiary/aromatic N) is 2. The third-order valence-electron chi connectivity index (χ3n) is 4.26. The topological polar surface area (TPSA) is 85.9 Å². The van der Waals surface area contributed by atoms with E-state index in [4.69, 9.17) is 22.1 Å². The molecule has 1 aromatic carbocycles. The lowest BCUT2D eigenvalue weighted by Gasteiger charge is -2.15. The van der Waals surface area contributed by atoms with Gasteiger partial charge in [0.25, 0.3) is 5.56 Å². The maximum atomic E-state index is 13.1. The normalized spacial score (nSPS) is 13.0. The number of fused-ring (bicyclic) bond motifs is 3. The zero-order chi connectivity index (χ0) is 17.3. The Morgan fingerprint density at radius 1 is 1.46 bits per heavy atom. The molecule has 0 saturated carbocycles. The first-order valence-corrected chi connectivity index (χ1v) is 8.32. The van der Waals surface area contributed by atoms with Gasteiger partial charge in [0.05, 0.1) is 23.2 Å². The lowest BCUT2D eigenvalue weighted by atomic mass is 10.1. The molecule has 0 aliphatic rings. The third-order valence-corrected chi connectivity index (χ3v) is 4.49. The number of ether oxygens (including phenoxy) is 1. The number of benzene rings is 1. The molecule has 0 fully saturated rings. The second-order valence-corrected chi connectivity index (χ2v) is 6.52. The molecule has 24 heavy (non-hydrogen) atoms. The molecule has 7 heteroatoms. The van der Waals surface area contributed by atoms with Crippen LogP contribution in [0, 0.1) is 5.92 Å². The number of pyridine rings is 1. The van der Waals surface area contributed by atoms with Crippen LogP contribution in [0.2, 0.25) is 5.02 Å². The van der Waals surface area contributed by atoms with Gasteiger partial charge in [-0.25, -0.2) is 0 Å². The quantitative estimate of drug-likeness (QED) is 0.715. The van der Waals surface area contributed by atoms with Crippen molar-refractivity contribution in [1.82, 2.24) is 14.8 Å². The predicted molar refractivity (Wildman–Crippen MR) is 96.7 cm³/mol.